The summed E-state index contributed by atoms with van der Waals surface area (Å²) in [6, 6.07) is 7.62. The molecule has 2 aliphatic rings. The first-order valence-corrected chi connectivity index (χ1v) is 9.89. The monoisotopic (exact) mass is 359 g/mol. The van der Waals surface area contributed by atoms with Crippen LogP contribution in [0.15, 0.2) is 24.3 Å². The third-order valence-electron chi connectivity index (χ3n) is 5.38. The van der Waals surface area contributed by atoms with Crippen LogP contribution in [0.2, 0.25) is 0 Å². The first-order chi connectivity index (χ1) is 12.7. The molecule has 0 radical (unpaired) electrons. The number of carbonyl (C=O) groups is 2. The number of nitrogens with one attached hydrogen (secondary N) is 1. The number of para-hydroxylation sites is 1. The lowest BCUT2D eigenvalue weighted by Crippen LogP contribution is -2.35. The Kier molecular flexibility index (Phi) is 6.92. The summed E-state index contributed by atoms with van der Waals surface area (Å²) >= 11 is 0. The molecule has 1 unspecified atom stereocenters. The van der Waals surface area contributed by atoms with Gasteiger partial charge in [-0.15, -0.1) is 0 Å². The van der Waals surface area contributed by atoms with Crippen LogP contribution in [0.4, 0.5) is 0 Å². The van der Waals surface area contributed by atoms with Gasteiger partial charge in [0.15, 0.2) is 6.61 Å². The number of benzene rings is 1. The van der Waals surface area contributed by atoms with E-state index in [1.807, 2.05) is 24.3 Å². The predicted molar refractivity (Wildman–Crippen MR) is 98.8 cm³/mol. The maximum absolute atomic E-state index is 12.1. The van der Waals surface area contributed by atoms with E-state index in [4.69, 9.17) is 9.47 Å². The predicted octanol–water partition coefficient (Wildman–Crippen LogP) is 3.92. The summed E-state index contributed by atoms with van der Waals surface area (Å²) < 4.78 is 10.7. The molecule has 1 aliphatic carbocycles. The highest BCUT2D eigenvalue weighted by Crippen LogP contribution is 2.31. The molecule has 1 heterocycles. The second-order valence-electron chi connectivity index (χ2n) is 7.35. The highest BCUT2D eigenvalue weighted by molar-refractivity contribution is 5.81. The minimum absolute atomic E-state index is 0.0857. The molecule has 1 aromatic carbocycles. The lowest BCUT2D eigenvalue weighted by atomic mass is 9.86. The first-order valence-electron chi connectivity index (χ1n) is 9.89. The summed E-state index contributed by atoms with van der Waals surface area (Å²) in [6.07, 6.45) is 9.68. The zero-order chi connectivity index (χ0) is 18.2. The molecule has 0 saturated heterocycles. The molecule has 3 rings (SSSR count). The van der Waals surface area contributed by atoms with Gasteiger partial charge in [0.05, 0.1) is 12.6 Å². The highest BCUT2D eigenvalue weighted by atomic mass is 16.5. The largest absolute Gasteiger partial charge is 0.493 e. The van der Waals surface area contributed by atoms with Crippen molar-refractivity contribution in [3.8, 4) is 5.75 Å². The van der Waals surface area contributed by atoms with Gasteiger partial charge in [-0.3, -0.25) is 9.59 Å². The Morgan fingerprint density at radius 2 is 1.92 bits per heavy atom. The van der Waals surface area contributed by atoms with Gasteiger partial charge in [-0.05, 0) is 24.8 Å². The van der Waals surface area contributed by atoms with Crippen LogP contribution in [-0.4, -0.2) is 25.1 Å². The smallest absolute Gasteiger partial charge is 0.306 e. The van der Waals surface area contributed by atoms with Crippen LogP contribution < -0.4 is 10.1 Å². The van der Waals surface area contributed by atoms with Gasteiger partial charge in [0, 0.05) is 18.4 Å². The normalized spacial score (nSPS) is 19.9. The molecule has 0 spiro atoms. The first kappa shape index (κ1) is 18.7. The zero-order valence-corrected chi connectivity index (χ0v) is 15.4. The Labute approximate surface area is 155 Å². The van der Waals surface area contributed by atoms with Gasteiger partial charge < -0.3 is 14.8 Å². The van der Waals surface area contributed by atoms with E-state index in [0.29, 0.717) is 13.0 Å². The fourth-order valence-corrected chi connectivity index (χ4v) is 3.96. The second kappa shape index (κ2) is 9.60. The fraction of sp³-hybridized carbons (Fsp3) is 0.619. The van der Waals surface area contributed by atoms with Gasteiger partial charge in [-0.2, -0.15) is 0 Å². The molecule has 5 nitrogen and oxygen atoms in total. The average Bonchev–Trinajstić information content (AvgIpc) is 2.67. The van der Waals surface area contributed by atoms with Gasteiger partial charge in [-0.25, -0.2) is 0 Å². The maximum Gasteiger partial charge on any atom is 0.306 e. The lowest BCUT2D eigenvalue weighted by Gasteiger charge is -2.26. The van der Waals surface area contributed by atoms with Gasteiger partial charge in [0.1, 0.15) is 5.75 Å². The van der Waals surface area contributed by atoms with Crippen LogP contribution in [0.1, 0.15) is 69.4 Å². The number of rotatable bonds is 7. The molecule has 0 bridgehead atoms. The lowest BCUT2D eigenvalue weighted by molar-refractivity contribution is -0.149. The van der Waals surface area contributed by atoms with Crippen molar-refractivity contribution in [1.29, 1.82) is 0 Å². The van der Waals surface area contributed by atoms with Crippen molar-refractivity contribution in [1.82, 2.24) is 5.32 Å². The van der Waals surface area contributed by atoms with E-state index in [1.54, 1.807) is 0 Å². The summed E-state index contributed by atoms with van der Waals surface area (Å²) in [5.41, 5.74) is 0.978. The molecule has 1 amide bonds. The maximum atomic E-state index is 12.1. The van der Waals surface area contributed by atoms with Gasteiger partial charge in [0.2, 0.25) is 0 Å². The Bertz CT molecular complexity index is 610. The summed E-state index contributed by atoms with van der Waals surface area (Å²) in [7, 11) is 0. The topological polar surface area (TPSA) is 64.6 Å². The number of fused-ring (bicyclic) bond motifs is 1. The van der Waals surface area contributed by atoms with Crippen molar-refractivity contribution >= 4 is 11.9 Å². The number of amides is 1. The van der Waals surface area contributed by atoms with Crippen molar-refractivity contribution in [2.45, 2.75) is 63.8 Å². The number of hydrogen-bond donors (Lipinski definition) is 1. The minimum atomic E-state index is -0.275. The number of hydrogen-bond acceptors (Lipinski definition) is 4. The van der Waals surface area contributed by atoms with E-state index < -0.39 is 0 Å². The molecule has 1 atom stereocenters. The molecular formula is C21H29NO4. The molecule has 1 N–H and O–H groups in total. The summed E-state index contributed by atoms with van der Waals surface area (Å²) in [5, 5.41) is 2.94. The Hall–Kier alpha value is -2.04. The third-order valence-corrected chi connectivity index (χ3v) is 5.38. The zero-order valence-electron chi connectivity index (χ0n) is 15.4. The number of carbonyl (C=O) groups excluding carboxylic acids is 2. The Morgan fingerprint density at radius 3 is 2.77 bits per heavy atom. The second-order valence-corrected chi connectivity index (χ2v) is 7.35. The van der Waals surface area contributed by atoms with Crippen molar-refractivity contribution in [3.05, 3.63) is 29.8 Å². The van der Waals surface area contributed by atoms with Crippen LogP contribution in [0, 0.1) is 5.92 Å². The van der Waals surface area contributed by atoms with E-state index in [2.05, 4.69) is 5.32 Å². The third kappa shape index (κ3) is 5.48. The van der Waals surface area contributed by atoms with Crippen molar-refractivity contribution in [2.75, 3.05) is 13.2 Å². The van der Waals surface area contributed by atoms with Crippen molar-refractivity contribution < 1.29 is 19.1 Å². The van der Waals surface area contributed by atoms with E-state index in [1.165, 1.54) is 32.1 Å². The minimum Gasteiger partial charge on any atom is -0.493 e. The molecule has 5 heteroatoms. The van der Waals surface area contributed by atoms with Gasteiger partial charge in [0.25, 0.3) is 5.91 Å². The molecular weight excluding hydrogens is 330 g/mol. The van der Waals surface area contributed by atoms with Crippen LogP contribution in [0.25, 0.3) is 0 Å². The number of ether oxygens (including phenoxy) is 2. The molecule has 1 fully saturated rings. The van der Waals surface area contributed by atoms with E-state index in [-0.39, 0.29) is 24.5 Å². The van der Waals surface area contributed by atoms with Crippen molar-refractivity contribution in [2.24, 2.45) is 5.92 Å². The molecule has 26 heavy (non-hydrogen) atoms. The van der Waals surface area contributed by atoms with Crippen LogP contribution in [-0.2, 0) is 14.3 Å². The van der Waals surface area contributed by atoms with Gasteiger partial charge in [-0.1, -0.05) is 50.3 Å². The van der Waals surface area contributed by atoms with Crippen molar-refractivity contribution in [3.63, 3.8) is 0 Å². The fourth-order valence-electron chi connectivity index (χ4n) is 3.96. The Morgan fingerprint density at radius 1 is 1.12 bits per heavy atom. The van der Waals surface area contributed by atoms with Crippen LogP contribution >= 0.6 is 0 Å². The summed E-state index contributed by atoms with van der Waals surface area (Å²) in [6.45, 7) is 0.366. The van der Waals surface area contributed by atoms with Gasteiger partial charge >= 0.3 is 5.97 Å². The highest BCUT2D eigenvalue weighted by Gasteiger charge is 2.23. The molecule has 1 saturated carbocycles. The summed E-state index contributed by atoms with van der Waals surface area (Å²) in [5.74, 6) is 1.05. The van der Waals surface area contributed by atoms with E-state index in [0.717, 1.165) is 36.5 Å². The average molecular weight is 359 g/mol. The molecule has 142 valence electrons. The molecule has 1 aliphatic heterocycles. The van der Waals surface area contributed by atoms with E-state index in [9.17, 15) is 9.59 Å². The standard InChI is InChI=1S/C21H29NO4/c23-20(22-18-13-14-25-19-11-5-4-10-17(18)19)15-26-21(24)12-6-9-16-7-2-1-3-8-16/h4-5,10-11,16,18H,1-3,6-9,12-15H2,(H,22,23). The van der Waals surface area contributed by atoms with Crippen LogP contribution in [0.5, 0.6) is 5.75 Å². The quantitative estimate of drug-likeness (QED) is 0.750. The summed E-state index contributed by atoms with van der Waals surface area (Å²) in [4.78, 5) is 24.0. The molecule has 0 aromatic heterocycles. The molecule has 1 aromatic rings. The van der Waals surface area contributed by atoms with Crippen LogP contribution in [0.3, 0.4) is 0 Å². The number of esters is 1. The van der Waals surface area contributed by atoms with E-state index >= 15 is 0 Å². The SMILES string of the molecule is O=C(COC(=O)CCCC1CCCCC1)NC1CCOc2ccccc21. The Balaban J connectivity index is 1.34.